The molecule has 2 rings (SSSR count). The maximum Gasteiger partial charge on any atom is 0.125 e. The van der Waals surface area contributed by atoms with Crippen molar-refractivity contribution >= 4 is 11.6 Å². The Bertz CT molecular complexity index is 380. The highest BCUT2D eigenvalue weighted by Gasteiger charge is 2.21. The number of halogens is 1. The first-order valence-electron chi connectivity index (χ1n) is 6.34. The molecule has 1 aromatic rings. The molecule has 3 heteroatoms. The molecule has 0 bridgehead atoms. The summed E-state index contributed by atoms with van der Waals surface area (Å²) in [6.45, 7) is 2.72. The largest absolute Gasteiger partial charge is 0.490 e. The molecule has 2 unspecified atom stereocenters. The topological polar surface area (TPSA) is 35.2 Å². The molecule has 2 atom stereocenters. The van der Waals surface area contributed by atoms with Crippen LogP contribution in [0.15, 0.2) is 18.2 Å². The Kier molecular flexibility index (Phi) is 4.30. The van der Waals surface area contributed by atoms with E-state index in [1.807, 2.05) is 18.2 Å². The van der Waals surface area contributed by atoms with Crippen molar-refractivity contribution in [2.24, 2.45) is 11.7 Å². The minimum absolute atomic E-state index is 0.322. The van der Waals surface area contributed by atoms with Crippen LogP contribution in [0.25, 0.3) is 0 Å². The van der Waals surface area contributed by atoms with Gasteiger partial charge in [0.2, 0.25) is 0 Å². The standard InChI is InChI=1S/C14H20ClNO/c1-10-4-2-5-11(8-10)17-14-7-3-6-13(15)12(14)9-16/h3,6-7,10-11H,2,4-5,8-9,16H2,1H3. The molecule has 0 aliphatic heterocycles. The van der Waals surface area contributed by atoms with Gasteiger partial charge in [-0.1, -0.05) is 31.0 Å². The SMILES string of the molecule is CC1CCCC(Oc2cccc(Cl)c2CN)C1. The van der Waals surface area contributed by atoms with Crippen LogP contribution >= 0.6 is 11.6 Å². The Morgan fingerprint density at radius 1 is 1.41 bits per heavy atom. The van der Waals surface area contributed by atoms with Crippen molar-refractivity contribution < 1.29 is 4.74 Å². The summed E-state index contributed by atoms with van der Waals surface area (Å²) in [5.74, 6) is 1.62. The van der Waals surface area contributed by atoms with E-state index in [2.05, 4.69) is 6.92 Å². The predicted octanol–water partition coefficient (Wildman–Crippen LogP) is 3.76. The molecule has 0 aromatic heterocycles. The summed E-state index contributed by atoms with van der Waals surface area (Å²) in [6, 6.07) is 5.75. The molecular formula is C14H20ClNO. The number of hydrogen-bond donors (Lipinski definition) is 1. The molecule has 0 heterocycles. The van der Waals surface area contributed by atoms with Gasteiger partial charge in [0, 0.05) is 17.1 Å². The second-order valence-electron chi connectivity index (χ2n) is 4.93. The van der Waals surface area contributed by atoms with Gasteiger partial charge in [0.15, 0.2) is 0 Å². The van der Waals surface area contributed by atoms with Gasteiger partial charge in [0.1, 0.15) is 5.75 Å². The monoisotopic (exact) mass is 253 g/mol. The van der Waals surface area contributed by atoms with Gasteiger partial charge in [0.05, 0.1) is 6.10 Å². The quantitative estimate of drug-likeness (QED) is 0.890. The number of nitrogens with two attached hydrogens (primary N) is 1. The van der Waals surface area contributed by atoms with E-state index in [1.54, 1.807) is 0 Å². The molecule has 2 N–H and O–H groups in total. The minimum Gasteiger partial charge on any atom is -0.490 e. The van der Waals surface area contributed by atoms with Gasteiger partial charge in [-0.05, 0) is 37.3 Å². The maximum atomic E-state index is 6.12. The highest BCUT2D eigenvalue weighted by molar-refractivity contribution is 6.31. The van der Waals surface area contributed by atoms with E-state index in [1.165, 1.54) is 12.8 Å². The van der Waals surface area contributed by atoms with Crippen LogP contribution in [0.4, 0.5) is 0 Å². The fraction of sp³-hybridized carbons (Fsp3) is 0.571. The Balaban J connectivity index is 2.10. The highest BCUT2D eigenvalue weighted by Crippen LogP contribution is 2.31. The fourth-order valence-corrected chi connectivity index (χ4v) is 2.76. The fourth-order valence-electron chi connectivity index (χ4n) is 2.51. The predicted molar refractivity (Wildman–Crippen MR) is 71.4 cm³/mol. The summed E-state index contributed by atoms with van der Waals surface area (Å²) in [7, 11) is 0. The smallest absolute Gasteiger partial charge is 0.125 e. The number of ether oxygens (including phenoxy) is 1. The number of hydrogen-bond acceptors (Lipinski definition) is 2. The van der Waals surface area contributed by atoms with E-state index >= 15 is 0 Å². The van der Waals surface area contributed by atoms with Crippen molar-refractivity contribution in [3.05, 3.63) is 28.8 Å². The Hall–Kier alpha value is -0.730. The van der Waals surface area contributed by atoms with E-state index in [0.29, 0.717) is 17.7 Å². The van der Waals surface area contributed by atoms with Gasteiger partial charge in [-0.25, -0.2) is 0 Å². The van der Waals surface area contributed by atoms with Gasteiger partial charge in [0.25, 0.3) is 0 Å². The second kappa shape index (κ2) is 5.74. The molecular weight excluding hydrogens is 234 g/mol. The van der Waals surface area contributed by atoms with Crippen molar-refractivity contribution in [1.82, 2.24) is 0 Å². The van der Waals surface area contributed by atoms with E-state index in [0.717, 1.165) is 30.1 Å². The van der Waals surface area contributed by atoms with Crippen molar-refractivity contribution in [2.45, 2.75) is 45.3 Å². The first-order valence-corrected chi connectivity index (χ1v) is 6.72. The zero-order chi connectivity index (χ0) is 12.3. The Morgan fingerprint density at radius 2 is 2.24 bits per heavy atom. The van der Waals surface area contributed by atoms with Crippen LogP contribution in [0.1, 0.15) is 38.2 Å². The molecule has 1 aliphatic rings. The summed E-state index contributed by atoms with van der Waals surface area (Å²) >= 11 is 6.12. The van der Waals surface area contributed by atoms with Gasteiger partial charge in [-0.3, -0.25) is 0 Å². The third-order valence-electron chi connectivity index (χ3n) is 3.46. The molecule has 1 aliphatic carbocycles. The average Bonchev–Trinajstić information content (AvgIpc) is 2.29. The van der Waals surface area contributed by atoms with E-state index < -0.39 is 0 Å². The Labute approximate surface area is 108 Å². The molecule has 1 saturated carbocycles. The minimum atomic E-state index is 0.322. The van der Waals surface area contributed by atoms with Crippen LogP contribution in [-0.2, 0) is 6.54 Å². The lowest BCUT2D eigenvalue weighted by atomic mass is 9.88. The third-order valence-corrected chi connectivity index (χ3v) is 3.82. The third kappa shape index (κ3) is 3.14. The molecule has 0 amide bonds. The number of benzene rings is 1. The molecule has 2 nitrogen and oxygen atoms in total. The molecule has 1 fully saturated rings. The maximum absolute atomic E-state index is 6.12. The van der Waals surface area contributed by atoms with Crippen molar-refractivity contribution in [2.75, 3.05) is 0 Å². The van der Waals surface area contributed by atoms with Crippen LogP contribution in [0.5, 0.6) is 5.75 Å². The normalized spacial score (nSPS) is 24.6. The van der Waals surface area contributed by atoms with E-state index in [-0.39, 0.29) is 0 Å². The number of rotatable bonds is 3. The lowest BCUT2D eigenvalue weighted by molar-refractivity contribution is 0.128. The van der Waals surface area contributed by atoms with Gasteiger partial charge in [-0.2, -0.15) is 0 Å². The zero-order valence-corrected chi connectivity index (χ0v) is 11.0. The molecule has 17 heavy (non-hydrogen) atoms. The molecule has 0 spiro atoms. The molecule has 94 valence electrons. The van der Waals surface area contributed by atoms with Crippen LogP contribution in [0.2, 0.25) is 5.02 Å². The summed E-state index contributed by atoms with van der Waals surface area (Å²) < 4.78 is 6.06. The van der Waals surface area contributed by atoms with Crippen molar-refractivity contribution in [3.8, 4) is 5.75 Å². The van der Waals surface area contributed by atoms with Crippen LogP contribution in [0.3, 0.4) is 0 Å². The van der Waals surface area contributed by atoms with Gasteiger partial charge < -0.3 is 10.5 Å². The van der Waals surface area contributed by atoms with Crippen molar-refractivity contribution in [3.63, 3.8) is 0 Å². The summed E-state index contributed by atoms with van der Waals surface area (Å²) in [5, 5.41) is 0.703. The van der Waals surface area contributed by atoms with Crippen molar-refractivity contribution in [1.29, 1.82) is 0 Å². The van der Waals surface area contributed by atoms with Crippen LogP contribution in [-0.4, -0.2) is 6.10 Å². The zero-order valence-electron chi connectivity index (χ0n) is 10.3. The summed E-state index contributed by atoms with van der Waals surface area (Å²) in [5.41, 5.74) is 6.64. The lowest BCUT2D eigenvalue weighted by Gasteiger charge is -2.28. The van der Waals surface area contributed by atoms with E-state index in [9.17, 15) is 0 Å². The van der Waals surface area contributed by atoms with Crippen LogP contribution in [0, 0.1) is 5.92 Å². The molecule has 1 aromatic carbocycles. The van der Waals surface area contributed by atoms with Crippen LogP contribution < -0.4 is 10.5 Å². The highest BCUT2D eigenvalue weighted by atomic mass is 35.5. The first kappa shape index (κ1) is 12.7. The summed E-state index contributed by atoms with van der Waals surface area (Å²) in [6.07, 6.45) is 5.17. The van der Waals surface area contributed by atoms with E-state index in [4.69, 9.17) is 22.1 Å². The average molecular weight is 254 g/mol. The second-order valence-corrected chi connectivity index (χ2v) is 5.34. The van der Waals surface area contributed by atoms with Gasteiger partial charge in [-0.15, -0.1) is 0 Å². The Morgan fingerprint density at radius 3 is 2.94 bits per heavy atom. The molecule has 0 saturated heterocycles. The molecule has 0 radical (unpaired) electrons. The lowest BCUT2D eigenvalue weighted by Crippen LogP contribution is -2.24. The van der Waals surface area contributed by atoms with Gasteiger partial charge >= 0.3 is 0 Å². The summed E-state index contributed by atoms with van der Waals surface area (Å²) in [4.78, 5) is 0. The first-order chi connectivity index (χ1) is 8.20.